The number of carbonyl (C=O) groups excluding carboxylic acids is 2. The first kappa shape index (κ1) is 27.6. The second-order valence-electron chi connectivity index (χ2n) is 11.8. The van der Waals surface area contributed by atoms with Gasteiger partial charge in [-0.2, -0.15) is 0 Å². The van der Waals surface area contributed by atoms with Crippen LogP contribution in [0.2, 0.25) is 0 Å². The molecule has 4 rings (SSSR count). The first-order valence-corrected chi connectivity index (χ1v) is 13.8. The Kier molecular flexibility index (Phi) is 8.59. The fourth-order valence-electron chi connectivity index (χ4n) is 5.99. The van der Waals surface area contributed by atoms with Gasteiger partial charge in [0, 0.05) is 36.9 Å². The van der Waals surface area contributed by atoms with Crippen LogP contribution in [-0.4, -0.2) is 41.8 Å². The summed E-state index contributed by atoms with van der Waals surface area (Å²) >= 11 is 0. The van der Waals surface area contributed by atoms with E-state index in [4.69, 9.17) is 14.2 Å². The van der Waals surface area contributed by atoms with Crippen molar-refractivity contribution >= 4 is 11.9 Å². The predicted octanol–water partition coefficient (Wildman–Crippen LogP) is 6.22. The fraction of sp³-hybridized carbons (Fsp3) is 0.613. The molecule has 1 aliphatic carbocycles. The molecule has 1 N–H and O–H groups in total. The zero-order valence-corrected chi connectivity index (χ0v) is 23.0. The highest BCUT2D eigenvalue weighted by atomic mass is 16.6. The molecular weight excluding hydrogens is 466 g/mol. The van der Waals surface area contributed by atoms with Crippen LogP contribution >= 0.6 is 0 Å². The lowest BCUT2D eigenvalue weighted by molar-refractivity contribution is -0.145. The van der Waals surface area contributed by atoms with Crippen molar-refractivity contribution in [2.24, 2.45) is 5.92 Å². The molecule has 2 aliphatic heterocycles. The molecule has 1 aromatic rings. The van der Waals surface area contributed by atoms with Crippen molar-refractivity contribution in [3.63, 3.8) is 0 Å². The molecule has 2 heterocycles. The second kappa shape index (κ2) is 11.5. The number of rotatable bonds is 8. The summed E-state index contributed by atoms with van der Waals surface area (Å²) in [6, 6.07) is 7.53. The van der Waals surface area contributed by atoms with Crippen LogP contribution in [-0.2, 0) is 19.0 Å². The van der Waals surface area contributed by atoms with Crippen molar-refractivity contribution in [1.82, 2.24) is 5.32 Å². The van der Waals surface area contributed by atoms with Gasteiger partial charge >= 0.3 is 5.97 Å². The third-order valence-electron chi connectivity index (χ3n) is 7.86. The Morgan fingerprint density at radius 3 is 2.54 bits per heavy atom. The first-order valence-electron chi connectivity index (χ1n) is 13.8. The van der Waals surface area contributed by atoms with Gasteiger partial charge in [0.15, 0.2) is 0 Å². The lowest BCUT2D eigenvalue weighted by Crippen LogP contribution is -2.43. The van der Waals surface area contributed by atoms with Crippen molar-refractivity contribution in [2.75, 3.05) is 6.61 Å². The minimum atomic E-state index is -0.460. The molecule has 202 valence electrons. The third kappa shape index (κ3) is 7.78. The van der Waals surface area contributed by atoms with Gasteiger partial charge in [-0.15, -0.1) is 0 Å². The summed E-state index contributed by atoms with van der Waals surface area (Å²) in [5.41, 5.74) is 2.49. The summed E-state index contributed by atoms with van der Waals surface area (Å²) < 4.78 is 17.3. The number of allylic oxidation sites excluding steroid dienone is 3. The highest BCUT2D eigenvalue weighted by Crippen LogP contribution is 2.46. The molecule has 1 spiro atoms. The third-order valence-corrected chi connectivity index (χ3v) is 7.86. The van der Waals surface area contributed by atoms with E-state index in [2.05, 4.69) is 44.3 Å². The minimum Gasteiger partial charge on any atom is -0.458 e. The number of hydrogen-bond donors (Lipinski definition) is 1. The highest BCUT2D eigenvalue weighted by Gasteiger charge is 2.53. The van der Waals surface area contributed by atoms with E-state index in [-0.39, 0.29) is 35.2 Å². The molecule has 37 heavy (non-hydrogen) atoms. The summed E-state index contributed by atoms with van der Waals surface area (Å²) in [4.78, 5) is 24.4. The largest absolute Gasteiger partial charge is 0.458 e. The number of hydrogen-bond acceptors (Lipinski definition) is 5. The van der Waals surface area contributed by atoms with Gasteiger partial charge in [-0.3, -0.25) is 9.59 Å². The molecule has 0 aromatic heterocycles. The van der Waals surface area contributed by atoms with Crippen LogP contribution < -0.4 is 5.32 Å². The molecule has 0 bridgehead atoms. The molecule has 1 saturated carbocycles. The molecule has 1 amide bonds. The Labute approximate surface area is 221 Å². The van der Waals surface area contributed by atoms with E-state index in [0.29, 0.717) is 11.5 Å². The van der Waals surface area contributed by atoms with E-state index >= 15 is 0 Å². The van der Waals surface area contributed by atoms with E-state index in [9.17, 15) is 9.59 Å². The van der Waals surface area contributed by atoms with E-state index < -0.39 is 6.10 Å². The number of carbonyl (C=O) groups is 2. The van der Waals surface area contributed by atoms with E-state index in [1.165, 1.54) is 12.5 Å². The fourth-order valence-corrected chi connectivity index (χ4v) is 5.99. The van der Waals surface area contributed by atoms with Crippen LogP contribution in [0.15, 0.2) is 48.1 Å². The van der Waals surface area contributed by atoms with Crippen molar-refractivity contribution in [3.8, 4) is 0 Å². The monoisotopic (exact) mass is 509 g/mol. The van der Waals surface area contributed by atoms with Crippen molar-refractivity contribution < 1.29 is 23.8 Å². The molecule has 6 nitrogen and oxygen atoms in total. The maximum absolute atomic E-state index is 13.0. The van der Waals surface area contributed by atoms with Crippen molar-refractivity contribution in [3.05, 3.63) is 59.2 Å². The molecule has 0 radical (unpaired) electrons. The van der Waals surface area contributed by atoms with Crippen LogP contribution in [0.4, 0.5) is 0 Å². The summed E-state index contributed by atoms with van der Waals surface area (Å²) in [6.45, 7) is 10.5. The highest BCUT2D eigenvalue weighted by molar-refractivity contribution is 5.96. The Bertz CT molecular complexity index is 1020. The van der Waals surface area contributed by atoms with Gasteiger partial charge in [0.1, 0.15) is 6.10 Å². The van der Waals surface area contributed by atoms with Crippen LogP contribution in [0.1, 0.15) is 102 Å². The SMILES string of the molecule is CC(=O)O[C@@H](C)c1ccccc1C(=O)NC1CCC(CC=C(C)C=C[C@@H]2C[C@]3(CO3)CC(C)(C)O2)CC1. The van der Waals surface area contributed by atoms with E-state index in [1.807, 2.05) is 18.2 Å². The van der Waals surface area contributed by atoms with E-state index in [0.717, 1.165) is 57.1 Å². The second-order valence-corrected chi connectivity index (χ2v) is 11.8. The van der Waals surface area contributed by atoms with Crippen LogP contribution in [0.3, 0.4) is 0 Å². The quantitative estimate of drug-likeness (QED) is 0.256. The zero-order valence-electron chi connectivity index (χ0n) is 23.0. The summed E-state index contributed by atoms with van der Waals surface area (Å²) in [6.07, 6.45) is 13.5. The topological polar surface area (TPSA) is 77.2 Å². The van der Waals surface area contributed by atoms with Crippen molar-refractivity contribution in [1.29, 1.82) is 0 Å². The number of epoxide rings is 1. The standard InChI is InChI=1S/C31H43NO5/c1-21(11-17-26-18-31(20-35-31)19-30(4,5)37-26)10-12-24-13-15-25(16-14-24)32-29(34)28-9-7-6-8-27(28)22(2)36-23(3)33/h6-11,17,22,24-26H,12-16,18-20H2,1-5H3,(H,32,34)/t22-,24?,25?,26+,31+/m0/s1. The number of esters is 1. The minimum absolute atomic E-state index is 0.0467. The average Bonchev–Trinajstić information content (AvgIpc) is 3.58. The van der Waals surface area contributed by atoms with Gasteiger partial charge in [0.25, 0.3) is 5.91 Å². The first-order chi connectivity index (χ1) is 17.5. The van der Waals surface area contributed by atoms with Gasteiger partial charge in [-0.25, -0.2) is 0 Å². The maximum atomic E-state index is 13.0. The molecule has 6 heteroatoms. The molecular formula is C31H43NO5. The van der Waals surface area contributed by atoms with E-state index in [1.54, 1.807) is 13.0 Å². The van der Waals surface area contributed by atoms with Crippen LogP contribution in [0, 0.1) is 5.92 Å². The molecule has 0 unspecified atom stereocenters. The molecule has 3 atom stereocenters. The Morgan fingerprint density at radius 1 is 1.16 bits per heavy atom. The maximum Gasteiger partial charge on any atom is 0.303 e. The van der Waals surface area contributed by atoms with Crippen LogP contribution in [0.25, 0.3) is 0 Å². The van der Waals surface area contributed by atoms with Gasteiger partial charge in [0.2, 0.25) is 0 Å². The van der Waals surface area contributed by atoms with Gasteiger partial charge in [-0.1, -0.05) is 42.0 Å². The van der Waals surface area contributed by atoms with Gasteiger partial charge in [0.05, 0.1) is 23.9 Å². The predicted molar refractivity (Wildman–Crippen MR) is 144 cm³/mol. The van der Waals surface area contributed by atoms with Gasteiger partial charge < -0.3 is 19.5 Å². The zero-order chi connectivity index (χ0) is 26.6. The smallest absolute Gasteiger partial charge is 0.303 e. The average molecular weight is 510 g/mol. The normalized spacial score (nSPS) is 30.2. The Balaban J connectivity index is 1.23. The number of amides is 1. The Hall–Kier alpha value is -2.44. The lowest BCUT2D eigenvalue weighted by atomic mass is 9.83. The summed E-state index contributed by atoms with van der Waals surface area (Å²) in [7, 11) is 0. The van der Waals surface area contributed by atoms with Crippen LogP contribution in [0.5, 0.6) is 0 Å². The number of nitrogens with one attached hydrogen (secondary N) is 1. The summed E-state index contributed by atoms with van der Waals surface area (Å²) in [5, 5.41) is 3.21. The van der Waals surface area contributed by atoms with Crippen molar-refractivity contribution in [2.45, 2.75) is 109 Å². The molecule has 1 aromatic carbocycles. The molecule has 3 fully saturated rings. The molecule has 2 saturated heterocycles. The van der Waals surface area contributed by atoms with Gasteiger partial charge in [-0.05, 0) is 71.8 Å². The number of ether oxygens (including phenoxy) is 3. The summed E-state index contributed by atoms with van der Waals surface area (Å²) in [5.74, 6) is 0.194. The lowest BCUT2D eigenvalue weighted by Gasteiger charge is -2.38. The molecule has 3 aliphatic rings. The Morgan fingerprint density at radius 2 is 1.86 bits per heavy atom. The number of benzene rings is 1.